The van der Waals surface area contributed by atoms with Crippen molar-refractivity contribution in [2.45, 2.75) is 12.6 Å². The highest BCUT2D eigenvalue weighted by Crippen LogP contribution is 2.24. The summed E-state index contributed by atoms with van der Waals surface area (Å²) in [5.41, 5.74) is 0.567. The fourth-order valence-electron chi connectivity index (χ4n) is 2.25. The molecule has 1 aliphatic rings. The number of halogens is 1. The fraction of sp³-hybridized carbons (Fsp3) is 0.133. The predicted molar refractivity (Wildman–Crippen MR) is 74.1 cm³/mol. The van der Waals surface area contributed by atoms with E-state index in [1.54, 1.807) is 12.1 Å². The van der Waals surface area contributed by atoms with E-state index in [4.69, 9.17) is 0 Å². The molecule has 1 aromatic heterocycles. The van der Waals surface area contributed by atoms with Crippen molar-refractivity contribution >= 4 is 11.9 Å². The van der Waals surface area contributed by atoms with Gasteiger partial charge in [0.2, 0.25) is 0 Å². The van der Waals surface area contributed by atoms with Crippen LogP contribution in [0.4, 0.5) is 9.18 Å². The number of hydrogen-bond acceptors (Lipinski definition) is 4. The summed E-state index contributed by atoms with van der Waals surface area (Å²) >= 11 is 0. The number of carbonyl (C=O) groups excluding carboxylic acids is 2. The van der Waals surface area contributed by atoms with Gasteiger partial charge in [-0.1, -0.05) is 12.1 Å². The van der Waals surface area contributed by atoms with Gasteiger partial charge in [0.15, 0.2) is 0 Å². The molecule has 0 saturated carbocycles. The smallest absolute Gasteiger partial charge is 0.325 e. The molecule has 7 heteroatoms. The van der Waals surface area contributed by atoms with Gasteiger partial charge in [-0.2, -0.15) is 0 Å². The molecule has 6 nitrogen and oxygen atoms in total. The third-order valence-electron chi connectivity index (χ3n) is 3.39. The van der Waals surface area contributed by atoms with E-state index in [9.17, 15) is 19.1 Å². The van der Waals surface area contributed by atoms with Crippen LogP contribution in [0.3, 0.4) is 0 Å². The molecule has 112 valence electrons. The first-order valence-corrected chi connectivity index (χ1v) is 6.56. The van der Waals surface area contributed by atoms with Crippen molar-refractivity contribution in [2.75, 3.05) is 0 Å². The highest BCUT2D eigenvalue weighted by atomic mass is 19.1. The Bertz CT molecular complexity index is 733. The van der Waals surface area contributed by atoms with E-state index in [2.05, 4.69) is 10.3 Å². The lowest BCUT2D eigenvalue weighted by Crippen LogP contribution is -2.31. The molecule has 2 aromatic rings. The normalized spacial score (nSPS) is 17.7. The first kappa shape index (κ1) is 14.0. The van der Waals surface area contributed by atoms with Crippen LogP contribution in [0.25, 0.3) is 0 Å². The molecule has 0 aliphatic carbocycles. The summed E-state index contributed by atoms with van der Waals surface area (Å²) in [7, 11) is 0. The Kier molecular flexibility index (Phi) is 3.46. The minimum atomic E-state index is -0.847. The maximum absolute atomic E-state index is 13.6. The van der Waals surface area contributed by atoms with Gasteiger partial charge in [0.1, 0.15) is 17.6 Å². The third kappa shape index (κ3) is 2.48. The Morgan fingerprint density at radius 3 is 2.64 bits per heavy atom. The van der Waals surface area contributed by atoms with Crippen molar-refractivity contribution in [1.29, 1.82) is 0 Å². The molecule has 1 aromatic carbocycles. The molecule has 0 radical (unpaired) electrons. The predicted octanol–water partition coefficient (Wildman–Crippen LogP) is 1.72. The van der Waals surface area contributed by atoms with Crippen LogP contribution in [0.1, 0.15) is 17.3 Å². The summed E-state index contributed by atoms with van der Waals surface area (Å²) in [4.78, 5) is 29.0. The maximum atomic E-state index is 13.6. The lowest BCUT2D eigenvalue weighted by Gasteiger charge is -2.13. The topological polar surface area (TPSA) is 82.5 Å². The number of phenols is 1. The van der Waals surface area contributed by atoms with Crippen molar-refractivity contribution in [1.82, 2.24) is 15.2 Å². The van der Waals surface area contributed by atoms with Gasteiger partial charge in [-0.15, -0.1) is 0 Å². The van der Waals surface area contributed by atoms with Gasteiger partial charge in [-0.25, -0.2) is 9.18 Å². The molecule has 3 rings (SSSR count). The van der Waals surface area contributed by atoms with E-state index >= 15 is 0 Å². The molecule has 1 fully saturated rings. The minimum absolute atomic E-state index is 0.0253. The van der Waals surface area contributed by atoms with Crippen LogP contribution in [0, 0.1) is 5.82 Å². The Hall–Kier alpha value is -2.96. The van der Waals surface area contributed by atoms with Crippen LogP contribution >= 0.6 is 0 Å². The SMILES string of the molecule is O=C1NC(c2ccc(O)cc2)C(=O)N1Cc1ncccc1F. The van der Waals surface area contributed by atoms with Crippen molar-refractivity contribution < 1.29 is 19.1 Å². The highest BCUT2D eigenvalue weighted by Gasteiger charge is 2.39. The second kappa shape index (κ2) is 5.44. The molecule has 1 aliphatic heterocycles. The lowest BCUT2D eigenvalue weighted by molar-refractivity contribution is -0.128. The Labute approximate surface area is 125 Å². The van der Waals surface area contributed by atoms with E-state index < -0.39 is 23.8 Å². The van der Waals surface area contributed by atoms with Gasteiger partial charge in [-0.05, 0) is 29.8 Å². The van der Waals surface area contributed by atoms with Gasteiger partial charge in [-0.3, -0.25) is 14.7 Å². The minimum Gasteiger partial charge on any atom is -0.508 e. The second-order valence-electron chi connectivity index (χ2n) is 4.83. The summed E-state index contributed by atoms with van der Waals surface area (Å²) in [6.07, 6.45) is 1.40. The molecule has 2 heterocycles. The summed E-state index contributed by atoms with van der Waals surface area (Å²) in [6.45, 7) is -0.230. The Morgan fingerprint density at radius 1 is 1.23 bits per heavy atom. The highest BCUT2D eigenvalue weighted by molar-refractivity contribution is 6.04. The average molecular weight is 301 g/mol. The zero-order valence-electron chi connectivity index (χ0n) is 11.4. The van der Waals surface area contributed by atoms with E-state index in [-0.39, 0.29) is 18.0 Å². The number of benzene rings is 1. The van der Waals surface area contributed by atoms with Gasteiger partial charge >= 0.3 is 6.03 Å². The van der Waals surface area contributed by atoms with E-state index in [1.165, 1.54) is 30.5 Å². The van der Waals surface area contributed by atoms with Crippen molar-refractivity contribution in [3.05, 3.63) is 59.7 Å². The number of urea groups is 1. The zero-order valence-corrected chi connectivity index (χ0v) is 11.4. The number of amides is 3. The first-order chi connectivity index (χ1) is 10.6. The molecular weight excluding hydrogens is 289 g/mol. The second-order valence-corrected chi connectivity index (χ2v) is 4.83. The number of pyridine rings is 1. The van der Waals surface area contributed by atoms with E-state index in [1.807, 2.05) is 0 Å². The molecule has 22 heavy (non-hydrogen) atoms. The number of phenolic OH excluding ortho intramolecular Hbond substituents is 1. The Morgan fingerprint density at radius 2 is 1.95 bits per heavy atom. The molecule has 1 atom stereocenters. The van der Waals surface area contributed by atoms with Crippen molar-refractivity contribution in [3.8, 4) is 5.75 Å². The average Bonchev–Trinajstić information content (AvgIpc) is 2.78. The van der Waals surface area contributed by atoms with Crippen molar-refractivity contribution in [3.63, 3.8) is 0 Å². The number of nitrogens with one attached hydrogen (secondary N) is 1. The first-order valence-electron chi connectivity index (χ1n) is 6.56. The summed E-state index contributed by atoms with van der Waals surface area (Å²) in [6, 6.07) is 7.15. The number of imide groups is 1. The molecule has 0 spiro atoms. The van der Waals surface area contributed by atoms with Crippen LogP contribution < -0.4 is 5.32 Å². The number of hydrogen-bond donors (Lipinski definition) is 2. The molecule has 1 unspecified atom stereocenters. The fourth-order valence-corrected chi connectivity index (χ4v) is 2.25. The van der Waals surface area contributed by atoms with Gasteiger partial charge in [0, 0.05) is 6.20 Å². The number of aromatic hydroxyl groups is 1. The number of carbonyl (C=O) groups is 2. The van der Waals surface area contributed by atoms with Gasteiger partial charge in [0.25, 0.3) is 5.91 Å². The molecule has 1 saturated heterocycles. The quantitative estimate of drug-likeness (QED) is 0.846. The van der Waals surface area contributed by atoms with Crippen LogP contribution in [0.2, 0.25) is 0 Å². The summed E-state index contributed by atoms with van der Waals surface area (Å²) in [5.74, 6) is -0.995. The lowest BCUT2D eigenvalue weighted by atomic mass is 10.1. The van der Waals surface area contributed by atoms with Crippen molar-refractivity contribution in [2.24, 2.45) is 0 Å². The van der Waals surface area contributed by atoms with Crippen LogP contribution in [0.15, 0.2) is 42.6 Å². The molecular formula is C15H12FN3O3. The van der Waals surface area contributed by atoms with Crippen LogP contribution in [0.5, 0.6) is 5.75 Å². The maximum Gasteiger partial charge on any atom is 0.325 e. The monoisotopic (exact) mass is 301 g/mol. The summed E-state index contributed by atoms with van der Waals surface area (Å²) in [5, 5.41) is 11.8. The molecule has 0 bridgehead atoms. The Balaban J connectivity index is 1.83. The van der Waals surface area contributed by atoms with Crippen LogP contribution in [-0.4, -0.2) is 26.9 Å². The van der Waals surface area contributed by atoms with Gasteiger partial charge < -0.3 is 10.4 Å². The van der Waals surface area contributed by atoms with E-state index in [0.717, 1.165) is 4.90 Å². The number of aromatic nitrogens is 1. The number of rotatable bonds is 3. The number of nitrogens with zero attached hydrogens (tertiary/aromatic N) is 2. The molecule has 2 N–H and O–H groups in total. The van der Waals surface area contributed by atoms with Gasteiger partial charge in [0.05, 0.1) is 12.2 Å². The standard InChI is InChI=1S/C15H12FN3O3/c16-11-2-1-7-17-12(11)8-19-14(21)13(18-15(19)22)9-3-5-10(20)6-4-9/h1-7,13,20H,8H2,(H,18,22). The largest absolute Gasteiger partial charge is 0.508 e. The zero-order chi connectivity index (χ0) is 15.7. The van der Waals surface area contributed by atoms with E-state index in [0.29, 0.717) is 5.56 Å². The third-order valence-corrected chi connectivity index (χ3v) is 3.39. The summed E-state index contributed by atoms with van der Waals surface area (Å²) < 4.78 is 13.6. The van der Waals surface area contributed by atoms with Crippen LogP contribution in [-0.2, 0) is 11.3 Å². The molecule has 3 amide bonds.